The summed E-state index contributed by atoms with van der Waals surface area (Å²) in [4.78, 5) is 20.9. The van der Waals surface area contributed by atoms with E-state index in [-0.39, 0.29) is 12.5 Å². The molecule has 1 aliphatic rings. The van der Waals surface area contributed by atoms with Crippen LogP contribution in [0, 0.1) is 11.2 Å². The molecule has 11 heteroatoms. The average Bonchev–Trinajstić information content (AvgIpc) is 2.71. The molecule has 0 spiro atoms. The van der Waals surface area contributed by atoms with Gasteiger partial charge in [-0.25, -0.2) is 4.39 Å². The standard InChI is InChI=1S/C16H12FN4O.BF4/c1-21-14-7-6-10(20-18)8-12(14)16(19-9-15(21)22)11-4-2-3-5-13(11)17;2-1(3,4)5/h2-8H,9H2,1H3;/q+1;-1. The topological polar surface area (TPSA) is 60.8 Å². The number of anilines is 1. The minimum atomic E-state index is -6.00. The second kappa shape index (κ2) is 7.95. The summed E-state index contributed by atoms with van der Waals surface area (Å²) >= 11 is 0. The lowest BCUT2D eigenvalue weighted by Crippen LogP contribution is -2.27. The number of carbonyl (C=O) groups is 1. The fourth-order valence-electron chi connectivity index (χ4n) is 2.42. The first-order valence-corrected chi connectivity index (χ1v) is 7.54. The molecule has 0 saturated heterocycles. The molecule has 0 fully saturated rings. The molecule has 2 aromatic carbocycles. The van der Waals surface area contributed by atoms with Crippen LogP contribution >= 0.6 is 0 Å². The van der Waals surface area contributed by atoms with E-state index in [1.54, 1.807) is 43.4 Å². The van der Waals surface area contributed by atoms with Crippen molar-refractivity contribution in [1.29, 1.82) is 5.39 Å². The summed E-state index contributed by atoms with van der Waals surface area (Å²) in [5, 5.41) is 8.97. The Hall–Kier alpha value is -3.29. The molecule has 1 amide bonds. The highest BCUT2D eigenvalue weighted by Gasteiger charge is 2.26. The van der Waals surface area contributed by atoms with E-state index in [1.807, 2.05) is 0 Å². The van der Waals surface area contributed by atoms with Gasteiger partial charge < -0.3 is 22.2 Å². The highest BCUT2D eigenvalue weighted by molar-refractivity contribution is 6.50. The van der Waals surface area contributed by atoms with Gasteiger partial charge in [0.25, 0.3) is 0 Å². The first kappa shape index (κ1) is 20.0. The number of nitrogens with zero attached hydrogens (tertiary/aromatic N) is 4. The Labute approximate surface area is 150 Å². The van der Waals surface area contributed by atoms with E-state index in [0.29, 0.717) is 28.2 Å². The van der Waals surface area contributed by atoms with Crippen LogP contribution in [0.15, 0.2) is 47.5 Å². The predicted molar refractivity (Wildman–Crippen MR) is 91.7 cm³/mol. The van der Waals surface area contributed by atoms with Gasteiger partial charge in [-0.3, -0.25) is 9.79 Å². The van der Waals surface area contributed by atoms with E-state index in [0.717, 1.165) is 0 Å². The Kier molecular flexibility index (Phi) is 5.90. The number of fused-ring (bicyclic) bond motifs is 1. The van der Waals surface area contributed by atoms with Gasteiger partial charge in [0.1, 0.15) is 12.4 Å². The Morgan fingerprint density at radius 2 is 1.74 bits per heavy atom. The van der Waals surface area contributed by atoms with E-state index < -0.39 is 13.1 Å². The SMILES string of the molecule is CN1C(=O)CN=C(c2ccccc2F)c2cc([N+]#N)ccc21.F[B-](F)(F)F. The lowest BCUT2D eigenvalue weighted by atomic mass is 9.99. The zero-order chi connectivity index (χ0) is 20.2. The summed E-state index contributed by atoms with van der Waals surface area (Å²) < 4.78 is 53.1. The lowest BCUT2D eigenvalue weighted by molar-refractivity contribution is -0.116. The molecule has 0 saturated carbocycles. The van der Waals surface area contributed by atoms with Gasteiger partial charge in [0.15, 0.2) is 4.98 Å². The Morgan fingerprint density at radius 1 is 1.11 bits per heavy atom. The van der Waals surface area contributed by atoms with Gasteiger partial charge in [-0.05, 0) is 18.2 Å². The number of benzodiazepines with no additional fused rings is 1. The van der Waals surface area contributed by atoms with Crippen molar-refractivity contribution < 1.29 is 26.4 Å². The number of aliphatic imine (C=N–C) groups is 1. The summed E-state index contributed by atoms with van der Waals surface area (Å²) in [5.74, 6) is -0.614. The molecule has 3 rings (SSSR count). The maximum atomic E-state index is 14.1. The molecule has 0 radical (unpaired) electrons. The van der Waals surface area contributed by atoms with E-state index in [2.05, 4.69) is 9.97 Å². The molecule has 0 N–H and O–H groups in total. The van der Waals surface area contributed by atoms with Crippen molar-refractivity contribution in [2.75, 3.05) is 18.5 Å². The molecule has 27 heavy (non-hydrogen) atoms. The van der Waals surface area contributed by atoms with E-state index in [9.17, 15) is 26.4 Å². The summed E-state index contributed by atoms with van der Waals surface area (Å²) in [6.45, 7) is -0.0690. The van der Waals surface area contributed by atoms with Crippen molar-refractivity contribution in [3.63, 3.8) is 0 Å². The number of hydrogen-bond donors (Lipinski definition) is 0. The zero-order valence-electron chi connectivity index (χ0n) is 13.9. The third kappa shape index (κ3) is 5.10. The van der Waals surface area contributed by atoms with E-state index in [1.165, 1.54) is 11.0 Å². The van der Waals surface area contributed by atoms with Crippen LogP contribution in [-0.2, 0) is 4.79 Å². The largest absolute Gasteiger partial charge is 0.673 e. The number of likely N-dealkylation sites (N-methyl/N-ethyl adjacent to an activating group) is 1. The smallest absolute Gasteiger partial charge is 0.418 e. The van der Waals surface area contributed by atoms with Gasteiger partial charge >= 0.3 is 12.9 Å². The highest BCUT2D eigenvalue weighted by atomic mass is 19.5. The first-order valence-electron chi connectivity index (χ1n) is 7.54. The molecular formula is C16H12BF5N4O. The summed E-state index contributed by atoms with van der Waals surface area (Å²) in [7, 11) is -4.36. The molecule has 1 aliphatic heterocycles. The lowest BCUT2D eigenvalue weighted by Gasteiger charge is -2.17. The maximum absolute atomic E-state index is 14.1. The van der Waals surface area contributed by atoms with Gasteiger partial charge in [-0.2, -0.15) is 0 Å². The van der Waals surface area contributed by atoms with Crippen molar-refractivity contribution in [2.24, 2.45) is 4.99 Å². The third-order valence-electron chi connectivity index (χ3n) is 3.59. The van der Waals surface area contributed by atoms with Crippen molar-refractivity contribution in [3.05, 3.63) is 64.4 Å². The molecular weight excluding hydrogens is 370 g/mol. The van der Waals surface area contributed by atoms with Gasteiger partial charge in [0, 0.05) is 30.3 Å². The number of amides is 1. The first-order chi connectivity index (χ1) is 12.6. The van der Waals surface area contributed by atoms with Gasteiger partial charge in [0.2, 0.25) is 11.3 Å². The maximum Gasteiger partial charge on any atom is 0.673 e. The van der Waals surface area contributed by atoms with Crippen LogP contribution < -0.4 is 4.90 Å². The number of rotatable bonds is 1. The summed E-state index contributed by atoms with van der Waals surface area (Å²) in [5.41, 5.74) is 2.13. The van der Waals surface area contributed by atoms with Crippen molar-refractivity contribution in [2.45, 2.75) is 0 Å². The minimum Gasteiger partial charge on any atom is -0.418 e. The van der Waals surface area contributed by atoms with Crippen LogP contribution in [0.1, 0.15) is 11.1 Å². The number of hydrogen-bond acceptors (Lipinski definition) is 3. The predicted octanol–water partition coefficient (Wildman–Crippen LogP) is 4.42. The number of carbonyl (C=O) groups excluding carboxylic acids is 1. The van der Waals surface area contributed by atoms with Gasteiger partial charge in [0.05, 0.1) is 11.4 Å². The third-order valence-corrected chi connectivity index (χ3v) is 3.59. The molecule has 0 aromatic heterocycles. The molecule has 0 unspecified atom stereocenters. The Balaban J connectivity index is 0.000000465. The van der Waals surface area contributed by atoms with Crippen molar-refractivity contribution >= 4 is 30.2 Å². The number of halogens is 5. The van der Waals surface area contributed by atoms with Crippen LogP contribution in [0.25, 0.3) is 4.98 Å². The number of diazo groups is 1. The molecule has 0 atom stereocenters. The average molecular weight is 382 g/mol. The molecule has 0 bridgehead atoms. The normalized spacial score (nSPS) is 13.6. The monoisotopic (exact) mass is 382 g/mol. The minimum absolute atomic E-state index is 0.0690. The van der Waals surface area contributed by atoms with Crippen LogP contribution in [-0.4, -0.2) is 32.5 Å². The van der Waals surface area contributed by atoms with Crippen LogP contribution in [0.4, 0.5) is 33.0 Å². The van der Waals surface area contributed by atoms with E-state index in [4.69, 9.17) is 5.39 Å². The quantitative estimate of drug-likeness (QED) is 0.416. The van der Waals surface area contributed by atoms with Crippen LogP contribution in [0.2, 0.25) is 0 Å². The fraction of sp³-hybridized carbons (Fsp3) is 0.125. The second-order valence-corrected chi connectivity index (χ2v) is 5.39. The molecule has 140 valence electrons. The molecule has 0 aliphatic carbocycles. The van der Waals surface area contributed by atoms with Gasteiger partial charge in [-0.15, -0.1) is 0 Å². The number of benzene rings is 2. The Morgan fingerprint density at radius 3 is 2.33 bits per heavy atom. The van der Waals surface area contributed by atoms with Crippen LogP contribution in [0.5, 0.6) is 0 Å². The van der Waals surface area contributed by atoms with E-state index >= 15 is 0 Å². The van der Waals surface area contributed by atoms with Crippen molar-refractivity contribution in [1.82, 2.24) is 0 Å². The Bertz CT molecular complexity index is 933. The fourth-order valence-corrected chi connectivity index (χ4v) is 2.42. The van der Waals surface area contributed by atoms with Crippen molar-refractivity contribution in [3.8, 4) is 0 Å². The molecule has 5 nitrogen and oxygen atoms in total. The summed E-state index contributed by atoms with van der Waals surface area (Å²) in [6, 6.07) is 11.1. The highest BCUT2D eigenvalue weighted by Crippen LogP contribution is 2.30. The molecule has 2 aromatic rings. The molecule has 1 heterocycles. The second-order valence-electron chi connectivity index (χ2n) is 5.39. The summed E-state index contributed by atoms with van der Waals surface area (Å²) in [6.07, 6.45) is 0. The van der Waals surface area contributed by atoms with Gasteiger partial charge in [-0.1, -0.05) is 12.1 Å². The van der Waals surface area contributed by atoms with Crippen LogP contribution in [0.3, 0.4) is 0 Å². The zero-order valence-corrected chi connectivity index (χ0v) is 13.9.